The minimum Gasteiger partial charge on any atom is -0.597 e. The predicted octanol–water partition coefficient (Wildman–Crippen LogP) is 4.19. The van der Waals surface area contributed by atoms with Crippen LogP contribution in [-0.4, -0.2) is 34.0 Å². The SMILES string of the molecule is CC(C)(C)C(=O)O[CH-]OC(=O)C(C)(C)C.CC(C)(C)C(=O)O[CH-]OC(=O)C(C)(C)C.[Be+2]. The Bertz CT molecular complexity index is 493. The largest absolute Gasteiger partial charge is 2.00 e. The van der Waals surface area contributed by atoms with Gasteiger partial charge < -0.3 is 18.9 Å². The van der Waals surface area contributed by atoms with Crippen molar-refractivity contribution in [3.05, 3.63) is 13.6 Å². The molecule has 0 amide bonds. The van der Waals surface area contributed by atoms with E-state index in [0.717, 1.165) is 13.6 Å². The molecule has 8 nitrogen and oxygen atoms in total. The van der Waals surface area contributed by atoms with E-state index in [1.807, 2.05) is 0 Å². The molecule has 0 unspecified atom stereocenters. The molecule has 0 N–H and O–H groups in total. The van der Waals surface area contributed by atoms with Gasteiger partial charge in [0.25, 0.3) is 23.9 Å². The Morgan fingerprint density at radius 3 is 0.645 bits per heavy atom. The Morgan fingerprint density at radius 1 is 0.419 bits per heavy atom. The van der Waals surface area contributed by atoms with E-state index < -0.39 is 45.5 Å². The Balaban J connectivity index is -0.000000490. The predicted molar refractivity (Wildman–Crippen MR) is 117 cm³/mol. The minimum atomic E-state index is -0.607. The third-order valence-electron chi connectivity index (χ3n) is 3.07. The van der Waals surface area contributed by atoms with Crippen LogP contribution in [0.5, 0.6) is 0 Å². The molecule has 9 heteroatoms. The Morgan fingerprint density at radius 2 is 0.548 bits per heavy atom. The Hall–Kier alpha value is -1.95. The van der Waals surface area contributed by atoms with Crippen LogP contribution in [0.15, 0.2) is 0 Å². The van der Waals surface area contributed by atoms with Crippen molar-refractivity contribution in [2.45, 2.75) is 83.1 Å². The average molecular weight is 440 g/mol. The minimum absolute atomic E-state index is 0. The van der Waals surface area contributed by atoms with E-state index in [9.17, 15) is 19.2 Å². The molecular weight excluding hydrogens is 401 g/mol. The molecule has 31 heavy (non-hydrogen) atoms. The van der Waals surface area contributed by atoms with Gasteiger partial charge in [0.15, 0.2) is 0 Å². The average Bonchev–Trinajstić information content (AvgIpc) is 2.51. The molecule has 0 radical (unpaired) electrons. The van der Waals surface area contributed by atoms with Gasteiger partial charge in [0.05, 0.1) is 21.7 Å². The molecule has 0 aliphatic rings. The molecule has 0 saturated heterocycles. The fourth-order valence-corrected chi connectivity index (χ4v) is 0.930. The van der Waals surface area contributed by atoms with E-state index in [1.165, 1.54) is 0 Å². The zero-order valence-corrected chi connectivity index (χ0v) is 21.1. The van der Waals surface area contributed by atoms with Gasteiger partial charge in [-0.1, -0.05) is 0 Å². The second kappa shape index (κ2) is 12.8. The molecule has 0 heterocycles. The van der Waals surface area contributed by atoms with Crippen LogP contribution in [0.1, 0.15) is 83.1 Å². The maximum Gasteiger partial charge on any atom is 2.00 e. The van der Waals surface area contributed by atoms with Gasteiger partial charge in [-0.05, 0) is 83.1 Å². The monoisotopic (exact) mass is 439 g/mol. The van der Waals surface area contributed by atoms with E-state index >= 15 is 0 Å². The van der Waals surface area contributed by atoms with Crippen molar-refractivity contribution < 1.29 is 38.1 Å². The molecular formula is C22H38BeO8. The summed E-state index contributed by atoms with van der Waals surface area (Å²) in [5.74, 6) is -1.76. The van der Waals surface area contributed by atoms with Crippen molar-refractivity contribution in [2.75, 3.05) is 0 Å². The van der Waals surface area contributed by atoms with Gasteiger partial charge in [0, 0.05) is 13.6 Å². The first-order valence-electron chi connectivity index (χ1n) is 9.58. The van der Waals surface area contributed by atoms with E-state index in [-0.39, 0.29) is 10.1 Å². The van der Waals surface area contributed by atoms with E-state index in [4.69, 9.17) is 0 Å². The van der Waals surface area contributed by atoms with E-state index in [1.54, 1.807) is 83.1 Å². The van der Waals surface area contributed by atoms with Gasteiger partial charge in [-0.15, -0.1) is 0 Å². The molecule has 0 aliphatic heterocycles. The molecule has 0 atom stereocenters. The van der Waals surface area contributed by atoms with Gasteiger partial charge >= 0.3 is 10.1 Å². The van der Waals surface area contributed by atoms with Crippen LogP contribution < -0.4 is 0 Å². The molecule has 0 bridgehead atoms. The number of carbonyl (C=O) groups excluding carboxylic acids is 4. The zero-order valence-electron chi connectivity index (χ0n) is 21.1. The molecule has 0 aromatic carbocycles. The third-order valence-corrected chi connectivity index (χ3v) is 3.07. The zero-order chi connectivity index (χ0) is 24.6. The second-order valence-electron chi connectivity index (χ2n) is 10.8. The number of ether oxygens (including phenoxy) is 4. The van der Waals surface area contributed by atoms with Crippen molar-refractivity contribution in [3.8, 4) is 0 Å². The summed E-state index contributed by atoms with van der Waals surface area (Å²) in [6.07, 6.45) is 0. The molecule has 0 rings (SSSR count). The van der Waals surface area contributed by atoms with Crippen molar-refractivity contribution in [2.24, 2.45) is 21.7 Å². The number of esters is 4. The summed E-state index contributed by atoms with van der Waals surface area (Å²) in [4.78, 5) is 45.0. The van der Waals surface area contributed by atoms with Crippen LogP contribution in [0.25, 0.3) is 0 Å². The topological polar surface area (TPSA) is 105 Å². The number of hydrogen-bond acceptors (Lipinski definition) is 8. The quantitative estimate of drug-likeness (QED) is 0.365. The normalized spacial score (nSPS) is 11.7. The van der Waals surface area contributed by atoms with E-state index in [2.05, 4.69) is 18.9 Å². The Labute approximate surface area is 190 Å². The maximum absolute atomic E-state index is 11.3. The van der Waals surface area contributed by atoms with Crippen molar-refractivity contribution >= 4 is 34.0 Å². The summed E-state index contributed by atoms with van der Waals surface area (Å²) in [5, 5.41) is 0. The van der Waals surface area contributed by atoms with Crippen LogP contribution >= 0.6 is 0 Å². The molecule has 0 aromatic heterocycles. The van der Waals surface area contributed by atoms with Crippen LogP contribution in [-0.2, 0) is 38.1 Å². The van der Waals surface area contributed by atoms with Crippen LogP contribution in [0, 0.1) is 35.2 Å². The van der Waals surface area contributed by atoms with Gasteiger partial charge in [0.1, 0.15) is 0 Å². The van der Waals surface area contributed by atoms with Crippen LogP contribution in [0.4, 0.5) is 0 Å². The van der Waals surface area contributed by atoms with Gasteiger partial charge in [-0.3, -0.25) is 19.2 Å². The maximum atomic E-state index is 11.3. The van der Waals surface area contributed by atoms with Gasteiger partial charge in [0.2, 0.25) is 0 Å². The second-order valence-corrected chi connectivity index (χ2v) is 10.8. The first-order chi connectivity index (χ1) is 13.1. The first-order valence-corrected chi connectivity index (χ1v) is 9.58. The summed E-state index contributed by atoms with van der Waals surface area (Å²) in [6, 6.07) is 0. The fraction of sp³-hybridized carbons (Fsp3) is 0.727. The van der Waals surface area contributed by atoms with Crippen LogP contribution in [0.3, 0.4) is 0 Å². The van der Waals surface area contributed by atoms with Crippen molar-refractivity contribution in [1.29, 1.82) is 0 Å². The molecule has 0 spiro atoms. The van der Waals surface area contributed by atoms with E-state index in [0.29, 0.717) is 0 Å². The third kappa shape index (κ3) is 16.4. The van der Waals surface area contributed by atoms with Crippen molar-refractivity contribution in [3.63, 3.8) is 0 Å². The molecule has 0 aromatic rings. The molecule has 176 valence electrons. The number of rotatable bonds is 4. The van der Waals surface area contributed by atoms with Gasteiger partial charge in [-0.25, -0.2) is 0 Å². The summed E-state index contributed by atoms with van der Waals surface area (Å²) < 4.78 is 18.7. The van der Waals surface area contributed by atoms with Crippen molar-refractivity contribution in [1.82, 2.24) is 0 Å². The standard InChI is InChI=1S/2C11H19O4.Be/c2*1-10(2,3)8(12)14-7-15-9(13)11(4,5)6;/h2*7H,1-6H3;/q2*-1;+2. The van der Waals surface area contributed by atoms with Gasteiger partial charge in [-0.2, -0.15) is 0 Å². The van der Waals surface area contributed by atoms with Crippen LogP contribution in [0.2, 0.25) is 0 Å². The molecule has 0 saturated carbocycles. The number of hydrogen-bond donors (Lipinski definition) is 0. The summed E-state index contributed by atoms with van der Waals surface area (Å²) >= 11 is 0. The molecule has 0 fully saturated rings. The number of carbonyl (C=O) groups is 4. The summed E-state index contributed by atoms with van der Waals surface area (Å²) in [7, 11) is 0. The summed E-state index contributed by atoms with van der Waals surface area (Å²) in [6.45, 7) is 22.2. The Kier molecular flexibility index (Phi) is 13.9. The first kappa shape index (κ1) is 33.7. The summed E-state index contributed by atoms with van der Waals surface area (Å²) in [5.41, 5.74) is -2.43. The molecule has 0 aliphatic carbocycles. The smallest absolute Gasteiger partial charge is 0.597 e. The fourth-order valence-electron chi connectivity index (χ4n) is 0.930.